The minimum Gasteiger partial charge on any atom is -0.353 e. The molecule has 158 valence electrons. The average molecular weight is 465 g/mol. The van der Waals surface area contributed by atoms with Gasteiger partial charge in [0.05, 0.1) is 16.1 Å². The van der Waals surface area contributed by atoms with Crippen LogP contribution in [0.25, 0.3) is 11.0 Å². The third-order valence-corrected chi connectivity index (χ3v) is 7.19. The molecule has 1 aliphatic heterocycles. The van der Waals surface area contributed by atoms with Crippen molar-refractivity contribution in [3.8, 4) is 0 Å². The van der Waals surface area contributed by atoms with Gasteiger partial charge in [0.1, 0.15) is 4.90 Å². The first-order valence-electron chi connectivity index (χ1n) is 9.72. The molecule has 0 bridgehead atoms. The van der Waals surface area contributed by atoms with Gasteiger partial charge in [0.25, 0.3) is 10.0 Å². The van der Waals surface area contributed by atoms with Crippen LogP contribution in [-0.2, 0) is 10.0 Å². The van der Waals surface area contributed by atoms with Crippen molar-refractivity contribution in [2.45, 2.75) is 25.2 Å². The number of nitrogens with one attached hydrogen (secondary N) is 1. The second-order valence-electron chi connectivity index (χ2n) is 7.92. The molecule has 0 radical (unpaired) electrons. The summed E-state index contributed by atoms with van der Waals surface area (Å²) in [5, 5.41) is 0.366. The summed E-state index contributed by atoms with van der Waals surface area (Å²) in [6, 6.07) is 11.7. The molecular formula is C21H22Cl2N4O2S. The van der Waals surface area contributed by atoms with Crippen molar-refractivity contribution in [1.82, 2.24) is 9.97 Å². The summed E-state index contributed by atoms with van der Waals surface area (Å²) in [6.07, 6.45) is 1.12. The Hall–Kier alpha value is -2.09. The molecule has 2 atom stereocenters. The van der Waals surface area contributed by atoms with Crippen LogP contribution in [0.15, 0.2) is 47.4 Å². The molecule has 1 N–H and O–H groups in total. The fourth-order valence-electron chi connectivity index (χ4n) is 3.98. The Bertz CT molecular complexity index is 1190. The fraction of sp³-hybridized carbons (Fsp3) is 0.333. The molecule has 2 aromatic carbocycles. The molecule has 1 saturated heterocycles. The van der Waals surface area contributed by atoms with Gasteiger partial charge in [0.15, 0.2) is 11.6 Å². The first-order valence-corrected chi connectivity index (χ1v) is 12.0. The number of hydrogen-bond donors (Lipinski definition) is 1. The molecule has 4 rings (SSSR count). The zero-order chi connectivity index (χ0) is 21.5. The highest BCUT2D eigenvalue weighted by Crippen LogP contribution is 2.33. The Labute approximate surface area is 186 Å². The van der Waals surface area contributed by atoms with E-state index in [4.69, 9.17) is 28.2 Å². The maximum absolute atomic E-state index is 13.1. The number of halogens is 2. The number of para-hydroxylation sites is 2. The molecule has 0 aliphatic carbocycles. The highest BCUT2D eigenvalue weighted by atomic mass is 35.5. The fourth-order valence-corrected chi connectivity index (χ4v) is 5.75. The zero-order valence-electron chi connectivity index (χ0n) is 16.6. The number of sulfonamides is 1. The first-order chi connectivity index (χ1) is 14.2. The summed E-state index contributed by atoms with van der Waals surface area (Å²) in [5.41, 5.74) is 1.32. The van der Waals surface area contributed by atoms with Crippen LogP contribution >= 0.6 is 23.2 Å². The summed E-state index contributed by atoms with van der Waals surface area (Å²) in [4.78, 5) is 11.4. The Balaban J connectivity index is 1.81. The zero-order valence-corrected chi connectivity index (χ0v) is 19.0. The third kappa shape index (κ3) is 4.33. The predicted octanol–water partition coefficient (Wildman–Crippen LogP) is 5.22. The van der Waals surface area contributed by atoms with E-state index in [1.165, 1.54) is 12.1 Å². The van der Waals surface area contributed by atoms with Gasteiger partial charge in [-0.2, -0.15) is 0 Å². The molecule has 1 fully saturated rings. The lowest BCUT2D eigenvalue weighted by Gasteiger charge is -2.36. The predicted molar refractivity (Wildman–Crippen MR) is 122 cm³/mol. The standard InChI is InChI=1S/C21H22Cl2N4O2S/c1-13-9-14(2)12-27(11-13)21-20(24-17-5-3-4-6-18(17)25-21)26-30(28,29)19-10-15(22)7-8-16(19)23/h3-8,10,13-14H,9,11-12H2,1-2H3,(H,24,26)/t13-,14+. The Kier molecular flexibility index (Phi) is 5.79. The third-order valence-electron chi connectivity index (χ3n) is 5.13. The van der Waals surface area contributed by atoms with Gasteiger partial charge in [0, 0.05) is 18.1 Å². The Morgan fingerprint density at radius 2 is 1.63 bits per heavy atom. The lowest BCUT2D eigenvalue weighted by Crippen LogP contribution is -2.39. The molecule has 2 heterocycles. The normalized spacial score (nSPS) is 19.8. The highest BCUT2D eigenvalue weighted by molar-refractivity contribution is 7.92. The molecule has 0 unspecified atom stereocenters. The first kappa shape index (κ1) is 21.2. The van der Waals surface area contributed by atoms with E-state index in [0.29, 0.717) is 28.7 Å². The van der Waals surface area contributed by atoms with Crippen LogP contribution < -0.4 is 9.62 Å². The summed E-state index contributed by atoms with van der Waals surface area (Å²) < 4.78 is 28.9. The molecule has 1 aromatic heterocycles. The van der Waals surface area contributed by atoms with E-state index in [1.807, 2.05) is 18.2 Å². The van der Waals surface area contributed by atoms with Crippen LogP contribution in [0, 0.1) is 11.8 Å². The maximum atomic E-state index is 13.1. The van der Waals surface area contributed by atoms with Gasteiger partial charge in [-0.25, -0.2) is 18.4 Å². The molecule has 0 amide bonds. The number of anilines is 2. The van der Waals surface area contributed by atoms with Gasteiger partial charge in [0.2, 0.25) is 0 Å². The molecule has 9 heteroatoms. The van der Waals surface area contributed by atoms with Gasteiger partial charge in [-0.1, -0.05) is 49.2 Å². The van der Waals surface area contributed by atoms with Crippen molar-refractivity contribution in [2.24, 2.45) is 11.8 Å². The van der Waals surface area contributed by atoms with Crippen LogP contribution in [0.4, 0.5) is 11.6 Å². The lowest BCUT2D eigenvalue weighted by molar-refractivity contribution is 0.355. The number of fused-ring (bicyclic) bond motifs is 1. The quantitative estimate of drug-likeness (QED) is 0.572. The van der Waals surface area contributed by atoms with E-state index >= 15 is 0 Å². The van der Waals surface area contributed by atoms with Crippen molar-refractivity contribution in [3.05, 3.63) is 52.5 Å². The number of piperidine rings is 1. The van der Waals surface area contributed by atoms with E-state index in [0.717, 1.165) is 19.5 Å². The maximum Gasteiger partial charge on any atom is 0.264 e. The van der Waals surface area contributed by atoms with Gasteiger partial charge in [-0.3, -0.25) is 4.72 Å². The summed E-state index contributed by atoms with van der Waals surface area (Å²) >= 11 is 12.1. The Morgan fingerprint density at radius 1 is 1.00 bits per heavy atom. The van der Waals surface area contributed by atoms with E-state index in [2.05, 4.69) is 28.5 Å². The largest absolute Gasteiger partial charge is 0.353 e. The summed E-state index contributed by atoms with van der Waals surface area (Å²) in [6.45, 7) is 5.94. The topological polar surface area (TPSA) is 75.2 Å². The van der Waals surface area contributed by atoms with E-state index in [9.17, 15) is 8.42 Å². The summed E-state index contributed by atoms with van der Waals surface area (Å²) in [7, 11) is -4.02. The number of hydrogen-bond acceptors (Lipinski definition) is 5. The van der Waals surface area contributed by atoms with Gasteiger partial charge in [-0.15, -0.1) is 0 Å². The molecule has 3 aromatic rings. The molecule has 0 spiro atoms. The van der Waals surface area contributed by atoms with Crippen molar-refractivity contribution >= 4 is 55.9 Å². The molecule has 6 nitrogen and oxygen atoms in total. The molecule has 30 heavy (non-hydrogen) atoms. The molecule has 0 saturated carbocycles. The van der Waals surface area contributed by atoms with E-state index in [1.54, 1.807) is 12.1 Å². The Morgan fingerprint density at radius 3 is 2.30 bits per heavy atom. The number of nitrogens with zero attached hydrogens (tertiary/aromatic N) is 3. The van der Waals surface area contributed by atoms with Crippen molar-refractivity contribution in [1.29, 1.82) is 0 Å². The molecule has 1 aliphatic rings. The van der Waals surface area contributed by atoms with Gasteiger partial charge < -0.3 is 4.90 Å². The number of benzene rings is 2. The smallest absolute Gasteiger partial charge is 0.264 e. The van der Waals surface area contributed by atoms with Crippen LogP contribution in [0.5, 0.6) is 0 Å². The van der Waals surface area contributed by atoms with E-state index in [-0.39, 0.29) is 20.8 Å². The lowest BCUT2D eigenvalue weighted by atomic mass is 9.92. The average Bonchev–Trinajstić information content (AvgIpc) is 2.68. The van der Waals surface area contributed by atoms with Crippen molar-refractivity contribution in [3.63, 3.8) is 0 Å². The van der Waals surface area contributed by atoms with Crippen LogP contribution in [0.1, 0.15) is 20.3 Å². The van der Waals surface area contributed by atoms with Crippen LogP contribution in [0.3, 0.4) is 0 Å². The van der Waals surface area contributed by atoms with Crippen molar-refractivity contribution < 1.29 is 8.42 Å². The SMILES string of the molecule is C[C@@H]1C[C@H](C)CN(c2nc3ccccc3nc2NS(=O)(=O)c2cc(Cl)ccc2Cl)C1. The van der Waals surface area contributed by atoms with Gasteiger partial charge in [-0.05, 0) is 48.6 Å². The minimum absolute atomic E-state index is 0.0856. The second kappa shape index (κ2) is 8.21. The number of rotatable bonds is 4. The highest BCUT2D eigenvalue weighted by Gasteiger charge is 2.28. The molecular weight excluding hydrogens is 443 g/mol. The number of aromatic nitrogens is 2. The van der Waals surface area contributed by atoms with Crippen LogP contribution in [0.2, 0.25) is 10.0 Å². The van der Waals surface area contributed by atoms with Crippen molar-refractivity contribution in [2.75, 3.05) is 22.7 Å². The van der Waals surface area contributed by atoms with E-state index < -0.39 is 10.0 Å². The second-order valence-corrected chi connectivity index (χ2v) is 10.4. The minimum atomic E-state index is -4.02. The van der Waals surface area contributed by atoms with Crippen LogP contribution in [-0.4, -0.2) is 31.5 Å². The summed E-state index contributed by atoms with van der Waals surface area (Å²) in [5.74, 6) is 1.64. The van der Waals surface area contributed by atoms with Gasteiger partial charge >= 0.3 is 0 Å². The monoisotopic (exact) mass is 464 g/mol.